The van der Waals surface area contributed by atoms with Gasteiger partial charge in [-0.2, -0.15) is 11.3 Å². The first-order valence-electron chi connectivity index (χ1n) is 5.56. The molecule has 84 valence electrons. The topological polar surface area (TPSA) is 20.2 Å². The van der Waals surface area contributed by atoms with Gasteiger partial charge < -0.3 is 5.11 Å². The summed E-state index contributed by atoms with van der Waals surface area (Å²) in [5.41, 5.74) is 0.519. The monoisotopic (exact) mass is 288 g/mol. The molecule has 15 heavy (non-hydrogen) atoms. The highest BCUT2D eigenvalue weighted by Crippen LogP contribution is 2.41. The van der Waals surface area contributed by atoms with Gasteiger partial charge in [-0.25, -0.2) is 0 Å². The van der Waals surface area contributed by atoms with Gasteiger partial charge in [-0.05, 0) is 52.9 Å². The van der Waals surface area contributed by atoms with Crippen molar-refractivity contribution in [1.29, 1.82) is 0 Å². The Balaban J connectivity index is 2.22. The largest absolute Gasteiger partial charge is 0.385 e. The number of halogens is 1. The molecule has 0 bridgehead atoms. The molecule has 0 saturated heterocycles. The van der Waals surface area contributed by atoms with Gasteiger partial charge in [-0.3, -0.25) is 0 Å². The van der Waals surface area contributed by atoms with Crippen LogP contribution in [0.2, 0.25) is 0 Å². The summed E-state index contributed by atoms with van der Waals surface area (Å²) in [6.45, 7) is 2.29. The lowest BCUT2D eigenvalue weighted by atomic mass is 9.88. The molecule has 1 aromatic heterocycles. The van der Waals surface area contributed by atoms with Crippen molar-refractivity contribution in [3.8, 4) is 0 Å². The zero-order chi connectivity index (χ0) is 10.9. The van der Waals surface area contributed by atoms with Crippen LogP contribution < -0.4 is 0 Å². The number of rotatable bonds is 1. The van der Waals surface area contributed by atoms with E-state index in [1.165, 1.54) is 6.42 Å². The highest BCUT2D eigenvalue weighted by molar-refractivity contribution is 9.10. The third kappa shape index (κ3) is 2.45. The van der Waals surface area contributed by atoms with E-state index in [0.717, 1.165) is 41.6 Å². The van der Waals surface area contributed by atoms with Crippen molar-refractivity contribution >= 4 is 27.3 Å². The minimum Gasteiger partial charge on any atom is -0.385 e. The number of thiophene rings is 1. The van der Waals surface area contributed by atoms with Gasteiger partial charge in [0.25, 0.3) is 0 Å². The van der Waals surface area contributed by atoms with Crippen LogP contribution in [0.25, 0.3) is 0 Å². The third-order valence-electron chi connectivity index (χ3n) is 3.45. The fraction of sp³-hybridized carbons (Fsp3) is 0.667. The molecule has 1 aliphatic carbocycles. The summed E-state index contributed by atoms with van der Waals surface area (Å²) in [6, 6.07) is 0. The predicted molar refractivity (Wildman–Crippen MR) is 68.2 cm³/mol. The van der Waals surface area contributed by atoms with E-state index in [2.05, 4.69) is 33.6 Å². The molecule has 2 rings (SSSR count). The summed E-state index contributed by atoms with van der Waals surface area (Å²) in [5, 5.41) is 14.8. The van der Waals surface area contributed by atoms with Crippen LogP contribution in [0.15, 0.2) is 15.2 Å². The predicted octanol–water partition coefficient (Wildman–Crippen LogP) is 4.30. The van der Waals surface area contributed by atoms with Crippen molar-refractivity contribution in [3.63, 3.8) is 0 Å². The molecule has 1 heterocycles. The van der Waals surface area contributed by atoms with Gasteiger partial charge in [0, 0.05) is 15.4 Å². The van der Waals surface area contributed by atoms with Crippen molar-refractivity contribution in [1.82, 2.24) is 0 Å². The molecule has 1 saturated carbocycles. The Morgan fingerprint density at radius 1 is 1.40 bits per heavy atom. The molecular formula is C12H17BrOS. The van der Waals surface area contributed by atoms with Crippen LogP contribution in [0.1, 0.15) is 44.6 Å². The van der Waals surface area contributed by atoms with Crippen LogP contribution in [-0.4, -0.2) is 5.11 Å². The molecule has 1 nitrogen and oxygen atoms in total. The number of hydrogen-bond acceptors (Lipinski definition) is 2. The zero-order valence-electron chi connectivity index (χ0n) is 9.00. The lowest BCUT2D eigenvalue weighted by Crippen LogP contribution is -2.24. The Labute approximate surface area is 104 Å². The van der Waals surface area contributed by atoms with E-state index in [1.807, 2.05) is 0 Å². The van der Waals surface area contributed by atoms with Crippen LogP contribution in [0, 0.1) is 5.92 Å². The van der Waals surface area contributed by atoms with Gasteiger partial charge in [0.1, 0.15) is 0 Å². The second-order valence-electron chi connectivity index (χ2n) is 4.70. The Hall–Kier alpha value is 0.140. The van der Waals surface area contributed by atoms with Gasteiger partial charge in [0.2, 0.25) is 0 Å². The third-order valence-corrected chi connectivity index (χ3v) is 5.16. The molecule has 1 N–H and O–H groups in total. The van der Waals surface area contributed by atoms with Gasteiger partial charge >= 0.3 is 0 Å². The second kappa shape index (κ2) is 4.56. The van der Waals surface area contributed by atoms with Crippen LogP contribution >= 0.6 is 27.3 Å². The summed E-state index contributed by atoms with van der Waals surface area (Å²) in [6.07, 6.45) is 5.35. The lowest BCUT2D eigenvalue weighted by Gasteiger charge is -2.26. The van der Waals surface area contributed by atoms with E-state index in [1.54, 1.807) is 11.3 Å². The molecule has 0 spiro atoms. The van der Waals surface area contributed by atoms with Crippen LogP contribution in [0.4, 0.5) is 0 Å². The van der Waals surface area contributed by atoms with E-state index in [9.17, 15) is 5.11 Å². The second-order valence-corrected chi connectivity index (χ2v) is 6.30. The van der Waals surface area contributed by atoms with Crippen molar-refractivity contribution in [2.75, 3.05) is 0 Å². The quantitative estimate of drug-likeness (QED) is 0.764. The van der Waals surface area contributed by atoms with Crippen molar-refractivity contribution in [2.45, 2.75) is 44.6 Å². The van der Waals surface area contributed by atoms with E-state index < -0.39 is 5.60 Å². The van der Waals surface area contributed by atoms with E-state index in [4.69, 9.17) is 0 Å². The Bertz CT molecular complexity index is 336. The Kier molecular flexibility index (Phi) is 3.53. The van der Waals surface area contributed by atoms with E-state index >= 15 is 0 Å². The van der Waals surface area contributed by atoms with Gasteiger partial charge in [0.15, 0.2) is 0 Å². The summed E-state index contributed by atoms with van der Waals surface area (Å²) in [5.74, 6) is 0.761. The zero-order valence-corrected chi connectivity index (χ0v) is 11.4. The standard InChI is InChI=1S/C12H17BrOS/c1-9-3-2-5-12(14,6-4-9)10-7-15-8-11(10)13/h7-9,14H,2-6H2,1H3. The lowest BCUT2D eigenvalue weighted by molar-refractivity contribution is 0.0196. The Morgan fingerprint density at radius 3 is 2.87 bits per heavy atom. The molecule has 2 atom stereocenters. The normalized spacial score (nSPS) is 32.6. The Morgan fingerprint density at radius 2 is 2.20 bits per heavy atom. The summed E-state index contributed by atoms with van der Waals surface area (Å²) in [4.78, 5) is 0. The average molecular weight is 289 g/mol. The molecule has 2 unspecified atom stereocenters. The molecule has 1 fully saturated rings. The van der Waals surface area contributed by atoms with Gasteiger partial charge in [-0.15, -0.1) is 0 Å². The average Bonchev–Trinajstić information content (AvgIpc) is 2.55. The maximum atomic E-state index is 10.7. The molecule has 1 aliphatic rings. The summed E-state index contributed by atoms with van der Waals surface area (Å²) < 4.78 is 1.07. The van der Waals surface area contributed by atoms with Gasteiger partial charge in [-0.1, -0.05) is 13.3 Å². The maximum absolute atomic E-state index is 10.7. The summed E-state index contributed by atoms with van der Waals surface area (Å²) >= 11 is 5.19. The highest BCUT2D eigenvalue weighted by atomic mass is 79.9. The van der Waals surface area contributed by atoms with Crippen molar-refractivity contribution < 1.29 is 5.11 Å². The minimum absolute atomic E-state index is 0.580. The van der Waals surface area contributed by atoms with E-state index in [0.29, 0.717) is 0 Å². The minimum atomic E-state index is -0.580. The highest BCUT2D eigenvalue weighted by Gasteiger charge is 2.33. The van der Waals surface area contributed by atoms with Crippen molar-refractivity contribution in [3.05, 3.63) is 20.8 Å². The molecule has 0 aliphatic heterocycles. The molecule has 0 amide bonds. The first-order valence-corrected chi connectivity index (χ1v) is 7.30. The summed E-state index contributed by atoms with van der Waals surface area (Å²) in [7, 11) is 0. The number of aliphatic hydroxyl groups is 1. The molecule has 0 radical (unpaired) electrons. The molecular weight excluding hydrogens is 272 g/mol. The first-order chi connectivity index (χ1) is 7.12. The van der Waals surface area contributed by atoms with Crippen molar-refractivity contribution in [2.24, 2.45) is 5.92 Å². The maximum Gasteiger partial charge on any atom is 0.0915 e. The van der Waals surface area contributed by atoms with Gasteiger partial charge in [0.05, 0.1) is 5.60 Å². The van der Waals surface area contributed by atoms with Crippen LogP contribution in [-0.2, 0) is 5.60 Å². The smallest absolute Gasteiger partial charge is 0.0915 e. The SMILES string of the molecule is CC1CCCC(O)(c2cscc2Br)CC1. The molecule has 0 aromatic carbocycles. The molecule has 3 heteroatoms. The van der Waals surface area contributed by atoms with Crippen LogP contribution in [0.3, 0.4) is 0 Å². The first kappa shape index (κ1) is 11.6. The molecule has 1 aromatic rings. The number of hydrogen-bond donors (Lipinski definition) is 1. The fourth-order valence-corrected chi connectivity index (χ4v) is 4.14. The van der Waals surface area contributed by atoms with Crippen LogP contribution in [0.5, 0.6) is 0 Å². The fourth-order valence-electron chi connectivity index (χ4n) is 2.38. The van der Waals surface area contributed by atoms with E-state index in [-0.39, 0.29) is 0 Å².